The highest BCUT2D eigenvalue weighted by molar-refractivity contribution is 7.91. The van der Waals surface area contributed by atoms with Crippen molar-refractivity contribution in [1.82, 2.24) is 0 Å². The van der Waals surface area contributed by atoms with Gasteiger partial charge in [-0.15, -0.1) is 0 Å². The minimum absolute atomic E-state index is 0.0340. The highest BCUT2D eigenvalue weighted by atomic mass is 32.2. The van der Waals surface area contributed by atoms with E-state index in [1.165, 1.54) is 12.1 Å². The van der Waals surface area contributed by atoms with E-state index in [0.29, 0.717) is 0 Å². The Morgan fingerprint density at radius 3 is 2.50 bits per heavy atom. The summed E-state index contributed by atoms with van der Waals surface area (Å²) in [7, 11) is -3.30. The van der Waals surface area contributed by atoms with Crippen LogP contribution in [0.4, 0.5) is 0 Å². The lowest BCUT2D eigenvalue weighted by atomic mass is 10.4. The summed E-state index contributed by atoms with van der Waals surface area (Å²) in [5.41, 5.74) is 8.00. The van der Waals surface area contributed by atoms with E-state index in [9.17, 15) is 8.42 Å². The van der Waals surface area contributed by atoms with Gasteiger partial charge in [0.25, 0.3) is 0 Å². The molecule has 0 saturated carbocycles. The van der Waals surface area contributed by atoms with Gasteiger partial charge in [0.15, 0.2) is 9.84 Å². The number of sulfone groups is 1. The van der Waals surface area contributed by atoms with Gasteiger partial charge in [-0.3, -0.25) is 0 Å². The van der Waals surface area contributed by atoms with Crippen LogP contribution < -0.4 is 0 Å². The highest BCUT2D eigenvalue weighted by Gasteiger charge is 2.11. The van der Waals surface area contributed by atoms with Crippen LogP contribution in [0, 0.1) is 0 Å². The molecule has 1 rings (SSSR count). The van der Waals surface area contributed by atoms with Crippen LogP contribution in [0.15, 0.2) is 40.3 Å². The van der Waals surface area contributed by atoms with Gasteiger partial charge in [-0.2, -0.15) is 0 Å². The molecule has 0 aliphatic carbocycles. The molecule has 0 aromatic heterocycles. The molecule has 1 aromatic carbocycles. The van der Waals surface area contributed by atoms with Gasteiger partial charge in [0.1, 0.15) is 0 Å². The molecule has 0 aliphatic rings. The van der Waals surface area contributed by atoms with Crippen molar-refractivity contribution in [3.05, 3.63) is 40.8 Å². The van der Waals surface area contributed by atoms with Crippen LogP contribution in [-0.2, 0) is 9.84 Å². The third-order valence-electron chi connectivity index (χ3n) is 1.63. The third-order valence-corrected chi connectivity index (χ3v) is 3.34. The Morgan fingerprint density at radius 2 is 1.93 bits per heavy atom. The molecular weight excluding hydrogens is 202 g/mol. The standard InChI is InChI=1S/C8H9N3O2S/c9-11-10-6-7-14(12,13)8-4-2-1-3-5-8/h1-5H,6-7H2. The van der Waals surface area contributed by atoms with Gasteiger partial charge in [-0.05, 0) is 17.7 Å². The van der Waals surface area contributed by atoms with Crippen LogP contribution in [0.3, 0.4) is 0 Å². The van der Waals surface area contributed by atoms with Gasteiger partial charge >= 0.3 is 0 Å². The largest absolute Gasteiger partial charge is 0.224 e. The average Bonchev–Trinajstić information content (AvgIpc) is 2.19. The Labute approximate surface area is 81.9 Å². The molecule has 74 valence electrons. The molecule has 0 radical (unpaired) electrons. The minimum Gasteiger partial charge on any atom is -0.224 e. The number of nitrogens with zero attached hydrogens (tertiary/aromatic N) is 3. The number of azide groups is 1. The Morgan fingerprint density at radius 1 is 1.29 bits per heavy atom. The second kappa shape index (κ2) is 4.64. The summed E-state index contributed by atoms with van der Waals surface area (Å²) in [5, 5.41) is 3.18. The van der Waals surface area contributed by atoms with Crippen LogP contribution >= 0.6 is 0 Å². The highest BCUT2D eigenvalue weighted by Crippen LogP contribution is 2.09. The molecule has 0 saturated heterocycles. The SMILES string of the molecule is [N-]=[N+]=NCCS(=O)(=O)c1ccccc1. The van der Waals surface area contributed by atoms with Crippen molar-refractivity contribution in [2.45, 2.75) is 4.90 Å². The molecule has 0 N–H and O–H groups in total. The van der Waals surface area contributed by atoms with Crippen LogP contribution in [0.25, 0.3) is 10.4 Å². The number of hydrogen-bond acceptors (Lipinski definition) is 3. The lowest BCUT2D eigenvalue weighted by molar-refractivity contribution is 0.596. The van der Waals surface area contributed by atoms with Gasteiger partial charge in [0, 0.05) is 11.5 Å². The predicted octanol–water partition coefficient (Wildman–Crippen LogP) is 1.77. The molecule has 0 unspecified atom stereocenters. The third kappa shape index (κ3) is 2.76. The van der Waals surface area contributed by atoms with Crippen LogP contribution in [0.1, 0.15) is 0 Å². The van der Waals surface area contributed by atoms with Crippen molar-refractivity contribution in [2.24, 2.45) is 5.11 Å². The molecule has 5 nitrogen and oxygen atoms in total. The van der Waals surface area contributed by atoms with Crippen molar-refractivity contribution in [3.8, 4) is 0 Å². The zero-order chi connectivity index (χ0) is 10.4. The monoisotopic (exact) mass is 211 g/mol. The van der Waals surface area contributed by atoms with E-state index >= 15 is 0 Å². The van der Waals surface area contributed by atoms with E-state index in [1.54, 1.807) is 18.2 Å². The van der Waals surface area contributed by atoms with E-state index in [4.69, 9.17) is 5.53 Å². The maximum Gasteiger partial charge on any atom is 0.178 e. The lowest BCUT2D eigenvalue weighted by Crippen LogP contribution is -2.08. The van der Waals surface area contributed by atoms with Gasteiger partial charge < -0.3 is 0 Å². The van der Waals surface area contributed by atoms with Gasteiger partial charge in [-0.25, -0.2) is 8.42 Å². The van der Waals surface area contributed by atoms with Gasteiger partial charge in [0.05, 0.1) is 10.6 Å². The van der Waals surface area contributed by atoms with Crippen molar-refractivity contribution in [2.75, 3.05) is 12.3 Å². The van der Waals surface area contributed by atoms with Gasteiger partial charge in [-0.1, -0.05) is 23.3 Å². The molecule has 6 heteroatoms. The Kier molecular flexibility index (Phi) is 3.50. The quantitative estimate of drug-likeness (QED) is 0.432. The van der Waals surface area contributed by atoms with E-state index in [-0.39, 0.29) is 17.2 Å². The first-order valence-corrected chi connectivity index (χ1v) is 5.61. The molecular formula is C8H9N3O2S. The van der Waals surface area contributed by atoms with Crippen molar-refractivity contribution in [1.29, 1.82) is 0 Å². The maximum atomic E-state index is 11.5. The smallest absolute Gasteiger partial charge is 0.178 e. The minimum atomic E-state index is -3.30. The lowest BCUT2D eigenvalue weighted by Gasteiger charge is -2.00. The van der Waals surface area contributed by atoms with Gasteiger partial charge in [0.2, 0.25) is 0 Å². The Balaban J connectivity index is 2.81. The predicted molar refractivity (Wildman–Crippen MR) is 52.5 cm³/mol. The summed E-state index contributed by atoms with van der Waals surface area (Å²) in [5.74, 6) is -0.152. The zero-order valence-electron chi connectivity index (χ0n) is 7.37. The molecule has 0 aliphatic heterocycles. The zero-order valence-corrected chi connectivity index (χ0v) is 8.18. The molecule has 0 atom stereocenters. The fourth-order valence-corrected chi connectivity index (χ4v) is 2.08. The summed E-state index contributed by atoms with van der Waals surface area (Å²) < 4.78 is 23.0. The number of hydrogen-bond donors (Lipinski definition) is 0. The second-order valence-corrected chi connectivity index (χ2v) is 4.70. The maximum absolute atomic E-state index is 11.5. The second-order valence-electron chi connectivity index (χ2n) is 2.59. The Bertz CT molecular complexity index is 435. The Hall–Kier alpha value is -1.52. The van der Waals surface area contributed by atoms with Crippen molar-refractivity contribution >= 4 is 9.84 Å². The van der Waals surface area contributed by atoms with Crippen LogP contribution in [0.2, 0.25) is 0 Å². The summed E-state index contributed by atoms with van der Waals surface area (Å²) in [6, 6.07) is 8.09. The summed E-state index contributed by atoms with van der Waals surface area (Å²) in [4.78, 5) is 2.75. The molecule has 0 spiro atoms. The molecule has 0 amide bonds. The fraction of sp³-hybridized carbons (Fsp3) is 0.250. The fourth-order valence-electron chi connectivity index (χ4n) is 0.951. The molecule has 1 aromatic rings. The van der Waals surface area contributed by atoms with Crippen molar-refractivity contribution in [3.63, 3.8) is 0 Å². The molecule has 0 heterocycles. The number of benzene rings is 1. The topological polar surface area (TPSA) is 82.9 Å². The molecule has 14 heavy (non-hydrogen) atoms. The first kappa shape index (κ1) is 10.6. The van der Waals surface area contributed by atoms with E-state index in [2.05, 4.69) is 10.0 Å². The van der Waals surface area contributed by atoms with E-state index in [0.717, 1.165) is 0 Å². The first-order chi connectivity index (χ1) is 6.67. The molecule has 0 fully saturated rings. The summed E-state index contributed by atoms with van der Waals surface area (Å²) in [6.45, 7) is -0.0340. The van der Waals surface area contributed by atoms with E-state index in [1.807, 2.05) is 0 Å². The molecule has 0 bridgehead atoms. The number of rotatable bonds is 4. The first-order valence-electron chi connectivity index (χ1n) is 3.95. The van der Waals surface area contributed by atoms with Crippen LogP contribution in [0.5, 0.6) is 0 Å². The normalized spacial score (nSPS) is 10.6. The summed E-state index contributed by atoms with van der Waals surface area (Å²) >= 11 is 0. The average molecular weight is 211 g/mol. The summed E-state index contributed by atoms with van der Waals surface area (Å²) in [6.07, 6.45) is 0. The van der Waals surface area contributed by atoms with E-state index < -0.39 is 9.84 Å². The van der Waals surface area contributed by atoms with Crippen molar-refractivity contribution < 1.29 is 8.42 Å². The van der Waals surface area contributed by atoms with Crippen LogP contribution in [-0.4, -0.2) is 20.7 Å².